The van der Waals surface area contributed by atoms with Crippen LogP contribution in [0.1, 0.15) is 43.4 Å². The van der Waals surface area contributed by atoms with Crippen LogP contribution < -0.4 is 0 Å². The largest absolute Gasteiger partial charge is 0.467 e. The molecular formula is C21H18F3NO4. The van der Waals surface area contributed by atoms with E-state index in [1.807, 2.05) is 17.6 Å². The van der Waals surface area contributed by atoms with Crippen molar-refractivity contribution in [2.45, 2.75) is 26.6 Å². The normalized spacial score (nSPS) is 11.5. The fraction of sp³-hybridized carbons (Fsp3) is 0.238. The number of ether oxygens (including phenoxy) is 1. The number of benzene rings is 1. The Kier molecular flexibility index (Phi) is 5.63. The summed E-state index contributed by atoms with van der Waals surface area (Å²) in [5, 5.41) is 0. The summed E-state index contributed by atoms with van der Waals surface area (Å²) in [6, 6.07) is 8.92. The van der Waals surface area contributed by atoms with Gasteiger partial charge in [-0.2, -0.15) is 13.2 Å². The Hall–Kier alpha value is -3.29. The van der Waals surface area contributed by atoms with Gasteiger partial charge in [0, 0.05) is 17.0 Å². The summed E-state index contributed by atoms with van der Waals surface area (Å²) >= 11 is 0. The van der Waals surface area contributed by atoms with E-state index >= 15 is 0 Å². The van der Waals surface area contributed by atoms with Crippen LogP contribution in [-0.2, 0) is 17.5 Å². The van der Waals surface area contributed by atoms with Crippen LogP contribution in [-0.4, -0.2) is 22.9 Å². The number of alkyl halides is 3. The molecule has 5 nitrogen and oxygen atoms in total. The molecule has 0 amide bonds. The molecule has 0 fully saturated rings. The SMILES string of the molecule is Cc1cc(C(=O)COC(=O)c2ccc(C(F)(F)F)cc2)c(C)n1Cc1ccco1. The van der Waals surface area contributed by atoms with Crippen molar-refractivity contribution in [1.29, 1.82) is 0 Å². The molecule has 0 atom stereocenters. The minimum atomic E-state index is -4.49. The van der Waals surface area contributed by atoms with Gasteiger partial charge in [0.05, 0.1) is 23.9 Å². The van der Waals surface area contributed by atoms with Gasteiger partial charge < -0.3 is 13.7 Å². The van der Waals surface area contributed by atoms with E-state index in [1.165, 1.54) is 0 Å². The predicted molar refractivity (Wildman–Crippen MR) is 97.8 cm³/mol. The number of Topliss-reactive ketones (excluding diaryl/α,β-unsaturated/α-hetero) is 1. The number of esters is 1. The van der Waals surface area contributed by atoms with Crippen LogP contribution in [0.3, 0.4) is 0 Å². The number of carbonyl (C=O) groups excluding carboxylic acids is 2. The number of rotatable bonds is 6. The maximum atomic E-state index is 12.6. The Morgan fingerprint density at radius 3 is 2.38 bits per heavy atom. The zero-order chi connectivity index (χ0) is 21.2. The number of aromatic nitrogens is 1. The summed E-state index contributed by atoms with van der Waals surface area (Å²) in [7, 11) is 0. The fourth-order valence-electron chi connectivity index (χ4n) is 2.97. The monoisotopic (exact) mass is 405 g/mol. The fourth-order valence-corrected chi connectivity index (χ4v) is 2.97. The highest BCUT2D eigenvalue weighted by Crippen LogP contribution is 2.29. The maximum Gasteiger partial charge on any atom is 0.416 e. The molecular weight excluding hydrogens is 387 g/mol. The molecule has 0 unspecified atom stereocenters. The topological polar surface area (TPSA) is 61.4 Å². The van der Waals surface area contributed by atoms with Gasteiger partial charge in [0.15, 0.2) is 6.61 Å². The molecule has 0 N–H and O–H groups in total. The number of carbonyl (C=O) groups is 2. The second-order valence-electron chi connectivity index (χ2n) is 6.52. The van der Waals surface area contributed by atoms with Crippen LogP contribution in [0.2, 0.25) is 0 Å². The molecule has 0 bridgehead atoms. The van der Waals surface area contributed by atoms with Crippen molar-refractivity contribution in [3.63, 3.8) is 0 Å². The molecule has 1 aromatic carbocycles. The van der Waals surface area contributed by atoms with Crippen LogP contribution in [0.25, 0.3) is 0 Å². The van der Waals surface area contributed by atoms with E-state index in [0.717, 1.165) is 35.7 Å². The Morgan fingerprint density at radius 1 is 1.10 bits per heavy atom. The third-order valence-corrected chi connectivity index (χ3v) is 4.55. The highest BCUT2D eigenvalue weighted by atomic mass is 19.4. The first kappa shape index (κ1) is 20.4. The van der Waals surface area contributed by atoms with Gasteiger partial charge in [-0.1, -0.05) is 0 Å². The molecule has 152 valence electrons. The van der Waals surface area contributed by atoms with Crippen LogP contribution in [0.5, 0.6) is 0 Å². The standard InChI is InChI=1S/C21H18F3NO4/c1-13-10-18(14(2)25(13)11-17-4-3-9-28-17)19(26)12-29-20(27)15-5-7-16(8-6-15)21(22,23)24/h3-10H,11-12H2,1-2H3. The van der Waals surface area contributed by atoms with E-state index in [2.05, 4.69) is 0 Å². The maximum absolute atomic E-state index is 12.6. The van der Waals surface area contributed by atoms with Gasteiger partial charge in [-0.3, -0.25) is 4.79 Å². The summed E-state index contributed by atoms with van der Waals surface area (Å²) in [5.41, 5.74) is 1.03. The number of nitrogens with zero attached hydrogens (tertiary/aromatic N) is 1. The van der Waals surface area contributed by atoms with E-state index in [0.29, 0.717) is 17.8 Å². The van der Waals surface area contributed by atoms with E-state index in [1.54, 1.807) is 25.3 Å². The smallest absolute Gasteiger partial charge is 0.416 e. The van der Waals surface area contributed by atoms with Crippen molar-refractivity contribution in [3.8, 4) is 0 Å². The molecule has 8 heteroatoms. The average Bonchev–Trinajstić information content (AvgIpc) is 3.29. The number of hydrogen-bond donors (Lipinski definition) is 0. The number of ketones is 1. The molecule has 0 saturated carbocycles. The lowest BCUT2D eigenvalue weighted by Gasteiger charge is -2.09. The van der Waals surface area contributed by atoms with E-state index in [-0.39, 0.29) is 5.56 Å². The number of aryl methyl sites for hydroxylation is 1. The molecule has 2 aromatic heterocycles. The Labute approximate surface area is 164 Å². The highest BCUT2D eigenvalue weighted by molar-refractivity contribution is 6.00. The molecule has 0 saturated heterocycles. The minimum absolute atomic E-state index is 0.0610. The lowest BCUT2D eigenvalue weighted by Crippen LogP contribution is -2.15. The van der Waals surface area contributed by atoms with Crippen molar-refractivity contribution in [1.82, 2.24) is 4.57 Å². The Morgan fingerprint density at radius 2 is 1.79 bits per heavy atom. The Balaban J connectivity index is 1.65. The summed E-state index contributed by atoms with van der Waals surface area (Å²) < 4.78 is 50.0. The van der Waals surface area contributed by atoms with Crippen molar-refractivity contribution >= 4 is 11.8 Å². The zero-order valence-corrected chi connectivity index (χ0v) is 15.7. The molecule has 0 aliphatic rings. The van der Waals surface area contributed by atoms with Gasteiger partial charge in [-0.25, -0.2) is 4.79 Å². The van der Waals surface area contributed by atoms with Crippen LogP contribution in [0.15, 0.2) is 53.1 Å². The molecule has 29 heavy (non-hydrogen) atoms. The van der Waals surface area contributed by atoms with Crippen molar-refractivity contribution in [2.24, 2.45) is 0 Å². The highest BCUT2D eigenvalue weighted by Gasteiger charge is 2.30. The lowest BCUT2D eigenvalue weighted by molar-refractivity contribution is -0.137. The summed E-state index contributed by atoms with van der Waals surface area (Å²) in [6.07, 6.45) is -2.92. The summed E-state index contributed by atoms with van der Waals surface area (Å²) in [4.78, 5) is 24.5. The van der Waals surface area contributed by atoms with E-state index in [9.17, 15) is 22.8 Å². The van der Waals surface area contributed by atoms with Gasteiger partial charge in [-0.05, 0) is 56.3 Å². The van der Waals surface area contributed by atoms with Crippen LogP contribution in [0, 0.1) is 13.8 Å². The molecule has 0 aliphatic carbocycles. The summed E-state index contributed by atoms with van der Waals surface area (Å²) in [6.45, 7) is 3.58. The van der Waals surface area contributed by atoms with Crippen molar-refractivity contribution in [3.05, 3.63) is 82.6 Å². The van der Waals surface area contributed by atoms with E-state index in [4.69, 9.17) is 9.15 Å². The van der Waals surface area contributed by atoms with Gasteiger partial charge in [0.2, 0.25) is 5.78 Å². The molecule has 3 aromatic rings. The predicted octanol–water partition coefficient (Wildman–Crippen LogP) is 4.80. The van der Waals surface area contributed by atoms with Gasteiger partial charge >= 0.3 is 12.1 Å². The van der Waals surface area contributed by atoms with E-state index < -0.39 is 30.1 Å². The van der Waals surface area contributed by atoms with Gasteiger partial charge in [0.25, 0.3) is 0 Å². The first-order valence-corrected chi connectivity index (χ1v) is 8.73. The second-order valence-corrected chi connectivity index (χ2v) is 6.52. The minimum Gasteiger partial charge on any atom is -0.467 e. The molecule has 0 radical (unpaired) electrons. The third-order valence-electron chi connectivity index (χ3n) is 4.55. The van der Waals surface area contributed by atoms with Crippen LogP contribution in [0.4, 0.5) is 13.2 Å². The quantitative estimate of drug-likeness (QED) is 0.436. The van der Waals surface area contributed by atoms with Crippen LogP contribution >= 0.6 is 0 Å². The number of furan rings is 1. The van der Waals surface area contributed by atoms with Crippen molar-refractivity contribution < 1.29 is 31.9 Å². The first-order valence-electron chi connectivity index (χ1n) is 8.73. The third kappa shape index (κ3) is 4.59. The van der Waals surface area contributed by atoms with Gasteiger partial charge in [-0.15, -0.1) is 0 Å². The number of halogens is 3. The molecule has 2 heterocycles. The van der Waals surface area contributed by atoms with Crippen molar-refractivity contribution in [2.75, 3.05) is 6.61 Å². The zero-order valence-electron chi connectivity index (χ0n) is 15.7. The number of hydrogen-bond acceptors (Lipinski definition) is 4. The first-order chi connectivity index (χ1) is 13.7. The molecule has 3 rings (SSSR count). The average molecular weight is 405 g/mol. The Bertz CT molecular complexity index is 1020. The summed E-state index contributed by atoms with van der Waals surface area (Å²) in [5.74, 6) is -0.528. The van der Waals surface area contributed by atoms with Gasteiger partial charge in [0.1, 0.15) is 5.76 Å². The second kappa shape index (κ2) is 7.98. The molecule has 0 spiro atoms. The lowest BCUT2D eigenvalue weighted by atomic mass is 10.1. The molecule has 0 aliphatic heterocycles.